The normalized spacial score (nSPS) is 15.9. The highest BCUT2D eigenvalue weighted by molar-refractivity contribution is 6.31. The van der Waals surface area contributed by atoms with Crippen LogP contribution in [0.3, 0.4) is 0 Å². The molecule has 1 aliphatic rings. The van der Waals surface area contributed by atoms with Crippen LogP contribution in [0.25, 0.3) is 11.3 Å². The Morgan fingerprint density at radius 3 is 2.65 bits per heavy atom. The number of aryl methyl sites for hydroxylation is 2. The quantitative estimate of drug-likeness (QED) is 0.640. The molecule has 0 radical (unpaired) electrons. The number of anilines is 1. The van der Waals surface area contributed by atoms with Crippen LogP contribution in [0.2, 0.25) is 5.02 Å². The predicted molar refractivity (Wildman–Crippen MR) is 115 cm³/mol. The Morgan fingerprint density at radius 2 is 1.94 bits per heavy atom. The summed E-state index contributed by atoms with van der Waals surface area (Å²) in [7, 11) is 0. The number of halogens is 2. The third kappa shape index (κ3) is 4.29. The van der Waals surface area contributed by atoms with Crippen LogP contribution in [0.15, 0.2) is 36.7 Å². The van der Waals surface area contributed by atoms with Crippen molar-refractivity contribution in [2.24, 2.45) is 5.92 Å². The van der Waals surface area contributed by atoms with Crippen molar-refractivity contribution in [2.45, 2.75) is 20.3 Å². The summed E-state index contributed by atoms with van der Waals surface area (Å²) < 4.78 is 13.3. The van der Waals surface area contributed by atoms with Crippen molar-refractivity contribution in [3.05, 3.63) is 64.6 Å². The first-order valence-electron chi connectivity index (χ1n) is 9.86. The van der Waals surface area contributed by atoms with Crippen LogP contribution in [0.4, 0.5) is 10.1 Å². The molecule has 3 heterocycles. The summed E-state index contributed by atoms with van der Waals surface area (Å²) in [5.41, 5.74) is 4.17. The number of aromatic nitrogens is 3. The summed E-state index contributed by atoms with van der Waals surface area (Å²) in [6, 6.07) is 7.59. The number of benzene rings is 1. The van der Waals surface area contributed by atoms with Crippen LogP contribution >= 0.6 is 11.6 Å². The number of likely N-dealkylation sites (tertiary alicyclic amines) is 1. The molecular formula is C22H21ClFN5O2. The zero-order valence-electron chi connectivity index (χ0n) is 17.1. The van der Waals surface area contributed by atoms with E-state index in [-0.39, 0.29) is 22.8 Å². The second kappa shape index (κ2) is 8.47. The lowest BCUT2D eigenvalue weighted by Gasteiger charge is -2.16. The lowest BCUT2D eigenvalue weighted by atomic mass is 10.1. The molecule has 1 aliphatic heterocycles. The molecule has 1 saturated heterocycles. The first-order valence-corrected chi connectivity index (χ1v) is 10.2. The minimum absolute atomic E-state index is 0.0575. The summed E-state index contributed by atoms with van der Waals surface area (Å²) in [4.78, 5) is 38.8. The van der Waals surface area contributed by atoms with Gasteiger partial charge in [-0.3, -0.25) is 9.59 Å². The Labute approximate surface area is 183 Å². The van der Waals surface area contributed by atoms with E-state index < -0.39 is 5.82 Å². The predicted octanol–water partition coefficient (Wildman–Crippen LogP) is 3.98. The molecule has 2 amide bonds. The zero-order chi connectivity index (χ0) is 22.1. The number of carbonyl (C=O) groups excluding carboxylic acids is 2. The molecule has 0 spiro atoms. The van der Waals surface area contributed by atoms with Gasteiger partial charge in [-0.2, -0.15) is 0 Å². The molecule has 0 bridgehead atoms. The fourth-order valence-corrected chi connectivity index (χ4v) is 3.98. The van der Waals surface area contributed by atoms with Crippen molar-refractivity contribution >= 4 is 29.1 Å². The molecule has 1 unspecified atom stereocenters. The van der Waals surface area contributed by atoms with E-state index in [1.54, 1.807) is 11.0 Å². The molecule has 160 valence electrons. The standard InChI is InChI=1S/C22H21ClFN5O2/c1-12-20(13(2)26-11-25-12)18-5-6-19(28-18)22(31)29-8-7-14(10-29)21(30)27-15-3-4-17(24)16(23)9-15/h3-6,9,11,14,28H,7-8,10H2,1-2H3,(H,27,30). The highest BCUT2D eigenvalue weighted by Gasteiger charge is 2.32. The van der Waals surface area contributed by atoms with Crippen LogP contribution in [0.5, 0.6) is 0 Å². The fourth-order valence-electron chi connectivity index (χ4n) is 3.80. The molecule has 2 N–H and O–H groups in total. The van der Waals surface area contributed by atoms with Gasteiger partial charge < -0.3 is 15.2 Å². The number of rotatable bonds is 4. The minimum Gasteiger partial charge on any atom is -0.350 e. The number of nitrogens with one attached hydrogen (secondary N) is 2. The van der Waals surface area contributed by atoms with E-state index in [9.17, 15) is 14.0 Å². The van der Waals surface area contributed by atoms with Crippen molar-refractivity contribution in [1.29, 1.82) is 0 Å². The summed E-state index contributed by atoms with van der Waals surface area (Å²) in [5.74, 6) is -1.29. The monoisotopic (exact) mass is 441 g/mol. The third-order valence-electron chi connectivity index (χ3n) is 5.45. The van der Waals surface area contributed by atoms with Crippen LogP contribution < -0.4 is 5.32 Å². The van der Waals surface area contributed by atoms with E-state index in [2.05, 4.69) is 20.3 Å². The maximum absolute atomic E-state index is 13.3. The second-order valence-corrected chi connectivity index (χ2v) is 7.97. The lowest BCUT2D eigenvalue weighted by Crippen LogP contribution is -2.31. The van der Waals surface area contributed by atoms with Crippen molar-refractivity contribution in [3.8, 4) is 11.3 Å². The Hall–Kier alpha value is -3.26. The maximum Gasteiger partial charge on any atom is 0.270 e. The maximum atomic E-state index is 13.3. The minimum atomic E-state index is -0.546. The SMILES string of the molecule is Cc1ncnc(C)c1-c1ccc(C(=O)N2CCC(C(=O)Nc3ccc(F)c(Cl)c3)C2)[nH]1. The fraction of sp³-hybridized carbons (Fsp3) is 0.273. The zero-order valence-corrected chi connectivity index (χ0v) is 17.8. The molecule has 0 aliphatic carbocycles. The van der Waals surface area contributed by atoms with Crippen molar-refractivity contribution in [2.75, 3.05) is 18.4 Å². The van der Waals surface area contributed by atoms with E-state index in [4.69, 9.17) is 11.6 Å². The molecule has 1 aromatic carbocycles. The van der Waals surface area contributed by atoms with Gasteiger partial charge in [0.05, 0.1) is 22.3 Å². The molecule has 9 heteroatoms. The summed E-state index contributed by atoms with van der Waals surface area (Å²) >= 11 is 5.76. The molecule has 3 aromatic rings. The lowest BCUT2D eigenvalue weighted by molar-refractivity contribution is -0.119. The molecule has 1 fully saturated rings. The number of amides is 2. The van der Waals surface area contributed by atoms with Gasteiger partial charge in [0.25, 0.3) is 5.91 Å². The molecular weight excluding hydrogens is 421 g/mol. The number of H-pyrrole nitrogens is 1. The van der Waals surface area contributed by atoms with Gasteiger partial charge in [-0.25, -0.2) is 14.4 Å². The molecule has 1 atom stereocenters. The Bertz CT molecular complexity index is 1140. The van der Waals surface area contributed by atoms with Crippen LogP contribution in [-0.2, 0) is 4.79 Å². The van der Waals surface area contributed by atoms with Gasteiger partial charge in [0.1, 0.15) is 17.8 Å². The number of hydrogen-bond donors (Lipinski definition) is 2. The van der Waals surface area contributed by atoms with Gasteiger partial charge in [0.2, 0.25) is 5.91 Å². The van der Waals surface area contributed by atoms with Crippen molar-refractivity contribution in [3.63, 3.8) is 0 Å². The number of aromatic amines is 1. The Morgan fingerprint density at radius 1 is 1.19 bits per heavy atom. The average molecular weight is 442 g/mol. The van der Waals surface area contributed by atoms with Crippen molar-refractivity contribution < 1.29 is 14.0 Å². The van der Waals surface area contributed by atoms with Gasteiger partial charge in [-0.15, -0.1) is 0 Å². The molecule has 7 nitrogen and oxygen atoms in total. The summed E-state index contributed by atoms with van der Waals surface area (Å²) in [5, 5.41) is 2.68. The largest absolute Gasteiger partial charge is 0.350 e. The van der Waals surface area contributed by atoms with Gasteiger partial charge in [-0.05, 0) is 50.6 Å². The highest BCUT2D eigenvalue weighted by Crippen LogP contribution is 2.26. The summed E-state index contributed by atoms with van der Waals surface area (Å²) in [6.45, 7) is 4.57. The van der Waals surface area contributed by atoms with Gasteiger partial charge >= 0.3 is 0 Å². The van der Waals surface area contributed by atoms with Crippen LogP contribution in [-0.4, -0.2) is 44.8 Å². The van der Waals surface area contributed by atoms with E-state index in [1.165, 1.54) is 24.5 Å². The van der Waals surface area contributed by atoms with Crippen LogP contribution in [0.1, 0.15) is 28.3 Å². The number of hydrogen-bond acceptors (Lipinski definition) is 4. The van der Waals surface area contributed by atoms with Gasteiger partial charge in [-0.1, -0.05) is 11.6 Å². The van der Waals surface area contributed by atoms with E-state index in [1.807, 2.05) is 19.9 Å². The molecule has 4 rings (SSSR count). The van der Waals surface area contributed by atoms with Crippen LogP contribution in [0, 0.1) is 25.6 Å². The first kappa shape index (κ1) is 21.0. The molecule has 2 aromatic heterocycles. The first-order chi connectivity index (χ1) is 14.8. The number of nitrogens with zero attached hydrogens (tertiary/aromatic N) is 3. The average Bonchev–Trinajstić information content (AvgIpc) is 3.40. The Kier molecular flexibility index (Phi) is 5.73. The van der Waals surface area contributed by atoms with E-state index in [0.717, 1.165) is 22.6 Å². The van der Waals surface area contributed by atoms with Crippen molar-refractivity contribution in [1.82, 2.24) is 19.9 Å². The third-order valence-corrected chi connectivity index (χ3v) is 5.74. The van der Waals surface area contributed by atoms with E-state index >= 15 is 0 Å². The van der Waals surface area contributed by atoms with E-state index in [0.29, 0.717) is 30.9 Å². The van der Waals surface area contributed by atoms with Gasteiger partial charge in [0.15, 0.2) is 0 Å². The Balaban J connectivity index is 1.42. The molecule has 31 heavy (non-hydrogen) atoms. The second-order valence-electron chi connectivity index (χ2n) is 7.56. The smallest absolute Gasteiger partial charge is 0.270 e. The van der Waals surface area contributed by atoms with Gasteiger partial charge in [0, 0.05) is 30.0 Å². The number of carbonyl (C=O) groups is 2. The summed E-state index contributed by atoms with van der Waals surface area (Å²) in [6.07, 6.45) is 2.06. The topological polar surface area (TPSA) is 91.0 Å². The molecule has 0 saturated carbocycles. The highest BCUT2D eigenvalue weighted by atomic mass is 35.5.